The van der Waals surface area contributed by atoms with Crippen LogP contribution in [0.3, 0.4) is 0 Å². The van der Waals surface area contributed by atoms with Crippen LogP contribution in [0.15, 0.2) is 24.3 Å². The molecule has 0 bridgehead atoms. The Kier molecular flexibility index (Phi) is 6.23. The largest absolute Gasteiger partial charge is 0.493 e. The maximum atomic E-state index is 12.3. The molecule has 2 rings (SSSR count). The maximum Gasteiger partial charge on any atom is 0.326 e. The summed E-state index contributed by atoms with van der Waals surface area (Å²) in [5, 5.41) is 9.24. The van der Waals surface area contributed by atoms with Crippen LogP contribution in [0.1, 0.15) is 31.7 Å². The number of carbonyl (C=O) groups excluding carboxylic acids is 1. The number of hydrogen-bond donors (Lipinski definition) is 1. The van der Waals surface area contributed by atoms with Gasteiger partial charge in [0, 0.05) is 6.54 Å². The lowest BCUT2D eigenvalue weighted by atomic mass is 10.0. The number of allylic oxidation sites excluding steroid dienone is 1. The summed E-state index contributed by atoms with van der Waals surface area (Å²) < 4.78 is 10.9. The number of nitrogens with zero attached hydrogens (tertiary/aromatic N) is 1. The third kappa shape index (κ3) is 4.28. The molecule has 1 N–H and O–H groups in total. The van der Waals surface area contributed by atoms with Crippen LogP contribution in [0.4, 0.5) is 0 Å². The van der Waals surface area contributed by atoms with Crippen molar-refractivity contribution < 1.29 is 24.2 Å². The molecule has 1 aliphatic rings. The van der Waals surface area contributed by atoms with Crippen LogP contribution >= 0.6 is 0 Å². The molecule has 130 valence electrons. The minimum atomic E-state index is -0.962. The van der Waals surface area contributed by atoms with Crippen LogP contribution in [-0.4, -0.2) is 48.2 Å². The molecule has 6 heteroatoms. The SMILES string of the molecule is C/C=C/c1ccc(OCC(=O)N2CCCC[C@@H]2C(=O)O)c(OC)c1. The standard InChI is InChI=1S/C18H23NO5/c1-3-6-13-8-9-15(16(11-13)23-2)24-12-17(20)19-10-5-4-7-14(19)18(21)22/h3,6,8-9,11,14H,4-5,7,10,12H2,1-2H3,(H,21,22)/b6-3+/t14-/m1/s1. The third-order valence-corrected chi connectivity index (χ3v) is 4.01. The van der Waals surface area contributed by atoms with E-state index in [4.69, 9.17) is 9.47 Å². The normalized spacial score (nSPS) is 17.8. The molecule has 1 atom stereocenters. The van der Waals surface area contributed by atoms with Crippen molar-refractivity contribution in [3.8, 4) is 11.5 Å². The smallest absolute Gasteiger partial charge is 0.326 e. The zero-order valence-electron chi connectivity index (χ0n) is 14.0. The van der Waals surface area contributed by atoms with Crippen LogP contribution in [0, 0.1) is 0 Å². The molecule has 1 aliphatic heterocycles. The van der Waals surface area contributed by atoms with Crippen LogP contribution in [0.5, 0.6) is 11.5 Å². The second kappa shape index (κ2) is 8.38. The first-order valence-electron chi connectivity index (χ1n) is 8.02. The number of aliphatic carboxylic acids is 1. The van der Waals surface area contributed by atoms with E-state index in [9.17, 15) is 14.7 Å². The third-order valence-electron chi connectivity index (χ3n) is 4.01. The van der Waals surface area contributed by atoms with E-state index in [0.29, 0.717) is 24.5 Å². The first kappa shape index (κ1) is 17.8. The van der Waals surface area contributed by atoms with Gasteiger partial charge in [-0.05, 0) is 43.9 Å². The van der Waals surface area contributed by atoms with Crippen LogP contribution < -0.4 is 9.47 Å². The monoisotopic (exact) mass is 333 g/mol. The molecule has 0 unspecified atom stereocenters. The number of amides is 1. The average molecular weight is 333 g/mol. The average Bonchev–Trinajstić information content (AvgIpc) is 2.60. The van der Waals surface area contributed by atoms with Crippen LogP contribution in [-0.2, 0) is 9.59 Å². The Labute approximate surface area is 141 Å². The summed E-state index contributed by atoms with van der Waals surface area (Å²) in [6, 6.07) is 4.67. The van der Waals surface area contributed by atoms with Crippen molar-refractivity contribution in [2.75, 3.05) is 20.3 Å². The predicted molar refractivity (Wildman–Crippen MR) is 90.2 cm³/mol. The van der Waals surface area contributed by atoms with Gasteiger partial charge in [-0.2, -0.15) is 0 Å². The second-order valence-electron chi connectivity index (χ2n) is 5.64. The first-order valence-corrected chi connectivity index (χ1v) is 8.02. The maximum absolute atomic E-state index is 12.3. The number of benzene rings is 1. The summed E-state index contributed by atoms with van der Waals surface area (Å²) in [5.74, 6) is -0.284. The van der Waals surface area contributed by atoms with Gasteiger partial charge in [0.15, 0.2) is 18.1 Å². The van der Waals surface area contributed by atoms with Gasteiger partial charge in [-0.1, -0.05) is 18.2 Å². The van der Waals surface area contributed by atoms with Gasteiger partial charge in [-0.3, -0.25) is 4.79 Å². The van der Waals surface area contributed by atoms with E-state index in [1.165, 1.54) is 12.0 Å². The van der Waals surface area contributed by atoms with Gasteiger partial charge in [0.2, 0.25) is 0 Å². The quantitative estimate of drug-likeness (QED) is 0.866. The highest BCUT2D eigenvalue weighted by atomic mass is 16.5. The minimum Gasteiger partial charge on any atom is -0.493 e. The van der Waals surface area contributed by atoms with Crippen molar-refractivity contribution in [2.24, 2.45) is 0 Å². The Morgan fingerprint density at radius 2 is 2.12 bits per heavy atom. The number of piperidine rings is 1. The molecule has 1 aromatic carbocycles. The van der Waals surface area contributed by atoms with E-state index in [0.717, 1.165) is 18.4 Å². The molecule has 0 radical (unpaired) electrons. The highest BCUT2D eigenvalue weighted by Gasteiger charge is 2.32. The van der Waals surface area contributed by atoms with E-state index in [1.54, 1.807) is 6.07 Å². The van der Waals surface area contributed by atoms with Crippen LogP contribution in [0.2, 0.25) is 0 Å². The second-order valence-corrected chi connectivity index (χ2v) is 5.64. The Hall–Kier alpha value is -2.50. The fourth-order valence-corrected chi connectivity index (χ4v) is 2.81. The summed E-state index contributed by atoms with van der Waals surface area (Å²) in [4.78, 5) is 25.0. The lowest BCUT2D eigenvalue weighted by Crippen LogP contribution is -2.49. The van der Waals surface area contributed by atoms with Gasteiger partial charge < -0.3 is 19.5 Å². The molecule has 0 saturated carbocycles. The number of carboxylic acids is 1. The van der Waals surface area contributed by atoms with E-state index in [2.05, 4.69) is 0 Å². The number of carbonyl (C=O) groups is 2. The molecule has 1 amide bonds. The van der Waals surface area contributed by atoms with E-state index in [-0.39, 0.29) is 12.5 Å². The lowest BCUT2D eigenvalue weighted by molar-refractivity contribution is -0.152. The van der Waals surface area contributed by atoms with E-state index >= 15 is 0 Å². The minimum absolute atomic E-state index is 0.205. The summed E-state index contributed by atoms with van der Waals surface area (Å²) in [6.45, 7) is 2.17. The van der Waals surface area contributed by atoms with Crippen LogP contribution in [0.25, 0.3) is 6.08 Å². The number of carboxylic acid groups (broad SMARTS) is 1. The first-order chi connectivity index (χ1) is 11.6. The fraction of sp³-hybridized carbons (Fsp3) is 0.444. The number of ether oxygens (including phenoxy) is 2. The molecule has 1 heterocycles. The molecule has 0 spiro atoms. The zero-order chi connectivity index (χ0) is 17.5. The molecule has 24 heavy (non-hydrogen) atoms. The lowest BCUT2D eigenvalue weighted by Gasteiger charge is -2.32. The summed E-state index contributed by atoms with van der Waals surface area (Å²) in [6.07, 6.45) is 5.98. The van der Waals surface area contributed by atoms with Crippen molar-refractivity contribution in [1.82, 2.24) is 4.90 Å². The molecule has 0 aliphatic carbocycles. The molecule has 6 nitrogen and oxygen atoms in total. The summed E-state index contributed by atoms with van der Waals surface area (Å²) in [5.41, 5.74) is 0.968. The Morgan fingerprint density at radius 1 is 1.33 bits per heavy atom. The summed E-state index contributed by atoms with van der Waals surface area (Å²) >= 11 is 0. The van der Waals surface area contributed by atoms with Crippen molar-refractivity contribution in [1.29, 1.82) is 0 Å². The molecule has 1 aromatic rings. The molecule has 0 aromatic heterocycles. The Morgan fingerprint density at radius 3 is 2.79 bits per heavy atom. The fourth-order valence-electron chi connectivity index (χ4n) is 2.81. The topological polar surface area (TPSA) is 76.1 Å². The highest BCUT2D eigenvalue weighted by Crippen LogP contribution is 2.29. The van der Waals surface area contributed by atoms with Crippen molar-refractivity contribution in [2.45, 2.75) is 32.2 Å². The predicted octanol–water partition coefficient (Wildman–Crippen LogP) is 2.57. The number of rotatable bonds is 6. The number of methoxy groups -OCH3 is 1. The van der Waals surface area contributed by atoms with Gasteiger partial charge in [0.05, 0.1) is 7.11 Å². The van der Waals surface area contributed by atoms with Crippen molar-refractivity contribution in [3.63, 3.8) is 0 Å². The van der Waals surface area contributed by atoms with E-state index < -0.39 is 12.0 Å². The highest BCUT2D eigenvalue weighted by molar-refractivity contribution is 5.84. The Balaban J connectivity index is 2.04. The number of likely N-dealkylation sites (tertiary alicyclic amines) is 1. The van der Waals surface area contributed by atoms with Crippen molar-refractivity contribution in [3.05, 3.63) is 29.8 Å². The molecular weight excluding hydrogens is 310 g/mol. The Bertz CT molecular complexity index is 626. The zero-order valence-corrected chi connectivity index (χ0v) is 14.0. The summed E-state index contributed by atoms with van der Waals surface area (Å²) in [7, 11) is 1.54. The van der Waals surface area contributed by atoms with Gasteiger partial charge in [0.1, 0.15) is 6.04 Å². The van der Waals surface area contributed by atoms with Crippen molar-refractivity contribution >= 4 is 18.0 Å². The van der Waals surface area contributed by atoms with Gasteiger partial charge in [-0.15, -0.1) is 0 Å². The van der Waals surface area contributed by atoms with Gasteiger partial charge >= 0.3 is 5.97 Å². The molecule has 1 fully saturated rings. The van der Waals surface area contributed by atoms with E-state index in [1.807, 2.05) is 31.2 Å². The molecule has 1 saturated heterocycles. The van der Waals surface area contributed by atoms with Gasteiger partial charge in [-0.25, -0.2) is 4.79 Å². The number of hydrogen-bond acceptors (Lipinski definition) is 4. The molecular formula is C18H23NO5. The van der Waals surface area contributed by atoms with Gasteiger partial charge in [0.25, 0.3) is 5.91 Å².